The molecule has 0 amide bonds. The number of hydrogen-bond acceptors (Lipinski definition) is 3. The van der Waals surface area contributed by atoms with E-state index in [1.165, 1.54) is 27.9 Å². The minimum absolute atomic E-state index is 0. The van der Waals surface area contributed by atoms with Crippen molar-refractivity contribution in [3.8, 4) is 22.4 Å². The van der Waals surface area contributed by atoms with Crippen molar-refractivity contribution in [2.45, 2.75) is 92.5 Å². The molecule has 0 bridgehead atoms. The number of anilines is 2. The van der Waals surface area contributed by atoms with Gasteiger partial charge in [-0.15, -0.1) is 47.6 Å². The summed E-state index contributed by atoms with van der Waals surface area (Å²) >= 11 is 0. The molecule has 1 aliphatic rings. The van der Waals surface area contributed by atoms with Gasteiger partial charge in [0.25, 0.3) is 0 Å². The van der Waals surface area contributed by atoms with E-state index in [1.54, 1.807) is 0 Å². The number of nitrogens with zero attached hydrogens (tertiary/aromatic N) is 3. The van der Waals surface area contributed by atoms with E-state index < -0.39 is 19.9 Å². The summed E-state index contributed by atoms with van der Waals surface area (Å²) in [6, 6.07) is 52.8. The molecule has 1 aliphatic heterocycles. The molecule has 1 atom stereocenters. The van der Waals surface area contributed by atoms with Crippen molar-refractivity contribution >= 4 is 52.3 Å². The largest absolute Gasteiger partial charge is 3.00 e. The Bertz CT molecular complexity index is 2870. The van der Waals surface area contributed by atoms with Crippen LogP contribution < -0.4 is 10.1 Å². The molecule has 9 rings (SSSR count). The third-order valence-electron chi connectivity index (χ3n) is 11.2. The van der Waals surface area contributed by atoms with E-state index in [9.17, 15) is 0 Å². The van der Waals surface area contributed by atoms with Gasteiger partial charge in [0.2, 0.25) is 0 Å². The Morgan fingerprint density at radius 2 is 1.42 bits per heavy atom. The molecule has 0 spiro atoms. The Labute approximate surface area is 387 Å². The first-order chi connectivity index (χ1) is 29.9. The number of hydrogen-bond donors (Lipinski definition) is 0. The fourth-order valence-corrected chi connectivity index (χ4v) is 9.68. The van der Waals surface area contributed by atoms with E-state index in [2.05, 4.69) is 154 Å². The van der Waals surface area contributed by atoms with E-state index in [-0.39, 0.29) is 26.3 Å². The molecule has 1 unspecified atom stereocenters. The van der Waals surface area contributed by atoms with Crippen molar-refractivity contribution in [3.05, 3.63) is 179 Å². The smallest absolute Gasteiger partial charge is 0.661 e. The van der Waals surface area contributed by atoms with E-state index >= 15 is 0 Å². The van der Waals surface area contributed by atoms with Crippen molar-refractivity contribution in [2.75, 3.05) is 4.90 Å². The average molecular weight is 1010 g/mol. The predicted molar refractivity (Wildman–Crippen MR) is 262 cm³/mol. The molecule has 0 saturated carbocycles. The van der Waals surface area contributed by atoms with Gasteiger partial charge in [0.15, 0.2) is 0 Å². The van der Waals surface area contributed by atoms with Crippen LogP contribution in [0.4, 0.5) is 17.1 Å². The van der Waals surface area contributed by atoms with Crippen LogP contribution in [0.25, 0.3) is 49.6 Å². The van der Waals surface area contributed by atoms with Gasteiger partial charge >= 0.3 is 20.1 Å². The molecule has 0 aliphatic carbocycles. The van der Waals surface area contributed by atoms with Crippen LogP contribution in [0.1, 0.15) is 91.5 Å². The molecular weight excluding hydrogens is 951 g/mol. The molecule has 316 valence electrons. The van der Waals surface area contributed by atoms with Crippen molar-refractivity contribution < 1.29 is 27.3 Å². The second-order valence-corrected chi connectivity index (χ2v) is 23.9. The maximum atomic E-state index is 8.75. The quantitative estimate of drug-likeness (QED) is 0.113. The van der Waals surface area contributed by atoms with Gasteiger partial charge in [0, 0.05) is 31.3 Å². The predicted octanol–water partition coefficient (Wildman–Crippen LogP) is 15.8. The number of furan rings is 1. The van der Waals surface area contributed by atoms with Crippen LogP contribution in [0.15, 0.2) is 144 Å². The fraction of sp³-hybridized carbons (Fsp3) is 0.268. The first kappa shape index (κ1) is 42.1. The SMILES string of the molecule is CC(C)c1cc(-c2ccccc2)cc(C(C)C)c1N1c2ccccc2[N-]C1c1[c-]cc2oc3ccccc3c2c1.[2H]C([2H])(c1cc(-c2[c-]cccc2)ncc1[Si](C)(C)C)C(C)(C)C.[Ir+3]. The molecule has 2 aromatic heterocycles. The van der Waals surface area contributed by atoms with E-state index in [0.29, 0.717) is 11.8 Å². The summed E-state index contributed by atoms with van der Waals surface area (Å²) in [6.45, 7) is 21.7. The van der Waals surface area contributed by atoms with E-state index in [4.69, 9.17) is 12.5 Å². The number of pyridine rings is 1. The molecule has 4 nitrogen and oxygen atoms in total. The average Bonchev–Trinajstić information content (AvgIpc) is 3.84. The monoisotopic (exact) mass is 1010 g/mol. The van der Waals surface area contributed by atoms with Crippen molar-refractivity contribution in [2.24, 2.45) is 5.41 Å². The summed E-state index contributed by atoms with van der Waals surface area (Å²) in [4.78, 5) is 7.06. The molecule has 0 fully saturated rings. The third kappa shape index (κ3) is 9.39. The number of benzene rings is 6. The van der Waals surface area contributed by atoms with Crippen molar-refractivity contribution in [1.82, 2.24) is 4.98 Å². The first-order valence-corrected chi connectivity index (χ1v) is 25.1. The standard InChI is InChI=1S/C37H32N2O.C19H26NSi.Ir/c1-23(2)29-21-27(25-12-6-5-7-13-25)22-30(24(3)4)36(29)39-33-16-10-9-15-32(33)38-37(39)26-18-19-35-31(20-26)28-14-8-11-17-34(28)40-35;1-19(2,3)13-16-12-17(15-10-8-7-9-11-15)20-14-18(16)21(4,5)6;/h5-17,19-24,37H,1-4H3;7-10,12,14H,13H2,1-6H3;/q-2;-1;+3/i;13D2;. The minimum atomic E-state index is -1.70. The van der Waals surface area contributed by atoms with Crippen molar-refractivity contribution in [3.63, 3.8) is 0 Å². The second kappa shape index (κ2) is 18.2. The molecule has 6 aromatic carbocycles. The van der Waals surface area contributed by atoms with Gasteiger partial charge in [-0.1, -0.05) is 152 Å². The third-order valence-corrected chi connectivity index (χ3v) is 13.2. The van der Waals surface area contributed by atoms with Crippen LogP contribution in [0.5, 0.6) is 0 Å². The Morgan fingerprint density at radius 1 is 0.758 bits per heavy atom. The van der Waals surface area contributed by atoms with Gasteiger partial charge in [-0.2, -0.15) is 17.7 Å². The molecule has 0 saturated heterocycles. The summed E-state index contributed by atoms with van der Waals surface area (Å²) in [5, 5.41) is 8.61. The zero-order valence-corrected chi connectivity index (χ0v) is 41.0. The Morgan fingerprint density at radius 3 is 2.08 bits per heavy atom. The van der Waals surface area contributed by atoms with Gasteiger partial charge in [-0.25, -0.2) is 0 Å². The Hall–Kier alpha value is -5.26. The Balaban J connectivity index is 0.000000219. The van der Waals surface area contributed by atoms with Gasteiger partial charge in [-0.05, 0) is 87.2 Å². The maximum Gasteiger partial charge on any atom is 3.00 e. The van der Waals surface area contributed by atoms with Gasteiger partial charge < -0.3 is 19.6 Å². The summed E-state index contributed by atoms with van der Waals surface area (Å²) in [5.74, 6) is 0.655. The normalized spacial score (nSPS) is 14.5. The molecule has 3 heterocycles. The molecule has 0 radical (unpaired) electrons. The van der Waals surface area contributed by atoms with E-state index in [1.807, 2.05) is 75.5 Å². The molecule has 8 aromatic rings. The van der Waals surface area contributed by atoms with Crippen LogP contribution >= 0.6 is 0 Å². The zero-order chi connectivity index (χ0) is 44.8. The number of para-hydroxylation sites is 3. The number of rotatable bonds is 8. The summed E-state index contributed by atoms with van der Waals surface area (Å²) in [6.07, 6.45) is 0.240. The maximum absolute atomic E-state index is 8.75. The molecular formula is C56H58IrN3OSi. The van der Waals surface area contributed by atoms with E-state index in [0.717, 1.165) is 60.9 Å². The minimum Gasteiger partial charge on any atom is -0.661 e. The Kier molecular flexibility index (Phi) is 12.4. The number of fused-ring (bicyclic) bond motifs is 4. The van der Waals surface area contributed by atoms with Crippen LogP contribution in [-0.4, -0.2) is 13.1 Å². The summed E-state index contributed by atoms with van der Waals surface area (Å²) in [7, 11) is -1.70. The van der Waals surface area contributed by atoms with Crippen LogP contribution in [0.2, 0.25) is 19.6 Å². The summed E-state index contributed by atoms with van der Waals surface area (Å²) < 4.78 is 23.6. The van der Waals surface area contributed by atoms with Gasteiger partial charge in [0.05, 0.1) is 8.07 Å². The molecule has 62 heavy (non-hydrogen) atoms. The van der Waals surface area contributed by atoms with Gasteiger partial charge in [-0.3, -0.25) is 0 Å². The van der Waals surface area contributed by atoms with Crippen LogP contribution in [0, 0.1) is 17.5 Å². The summed E-state index contributed by atoms with van der Waals surface area (Å²) in [5.41, 5.74) is 13.3. The topological polar surface area (TPSA) is 43.4 Å². The first-order valence-electron chi connectivity index (χ1n) is 22.6. The fourth-order valence-electron chi connectivity index (χ4n) is 8.28. The van der Waals surface area contributed by atoms with Gasteiger partial charge in [0.1, 0.15) is 5.58 Å². The molecule has 0 N–H and O–H groups in total. The van der Waals surface area contributed by atoms with Crippen LogP contribution in [-0.2, 0) is 26.5 Å². The molecule has 6 heteroatoms. The van der Waals surface area contributed by atoms with Crippen LogP contribution in [0.3, 0.4) is 0 Å². The second-order valence-electron chi connectivity index (χ2n) is 18.8. The number of aromatic nitrogens is 1. The van der Waals surface area contributed by atoms with Crippen molar-refractivity contribution in [1.29, 1.82) is 0 Å². The zero-order valence-electron chi connectivity index (χ0n) is 39.6.